The third-order valence-electron chi connectivity index (χ3n) is 4.62. The topological polar surface area (TPSA) is 47.9 Å². The molecule has 0 atom stereocenters. The van der Waals surface area contributed by atoms with Crippen LogP contribution in [-0.4, -0.2) is 54.6 Å². The molecule has 5 nitrogen and oxygen atoms in total. The van der Waals surface area contributed by atoms with Crippen LogP contribution >= 0.6 is 11.6 Å². The molecule has 6 heteroatoms. The molecular formula is C22H25ClN4O. The second kappa shape index (κ2) is 10.8. The van der Waals surface area contributed by atoms with Gasteiger partial charge in [0.1, 0.15) is 0 Å². The van der Waals surface area contributed by atoms with E-state index in [4.69, 9.17) is 11.6 Å². The Balaban J connectivity index is 1.35. The van der Waals surface area contributed by atoms with Crippen LogP contribution in [0.1, 0.15) is 11.1 Å². The summed E-state index contributed by atoms with van der Waals surface area (Å²) >= 11 is 6.24. The monoisotopic (exact) mass is 396 g/mol. The zero-order chi connectivity index (χ0) is 19.6. The number of carbonyl (C=O) groups excluding carboxylic acids is 1. The van der Waals surface area contributed by atoms with Gasteiger partial charge in [-0.2, -0.15) is 5.10 Å². The number of hydrazone groups is 1. The number of amides is 1. The lowest BCUT2D eigenvalue weighted by Gasteiger charge is -2.34. The molecule has 28 heavy (non-hydrogen) atoms. The van der Waals surface area contributed by atoms with Gasteiger partial charge < -0.3 is 0 Å². The molecule has 1 N–H and O–H groups in total. The van der Waals surface area contributed by atoms with Crippen molar-refractivity contribution in [2.45, 2.75) is 6.54 Å². The fourth-order valence-corrected chi connectivity index (χ4v) is 3.28. The van der Waals surface area contributed by atoms with Crippen molar-refractivity contribution in [3.8, 4) is 0 Å². The Hall–Kier alpha value is -2.47. The first-order chi connectivity index (χ1) is 13.7. The van der Waals surface area contributed by atoms with Gasteiger partial charge in [-0.1, -0.05) is 66.2 Å². The molecule has 1 fully saturated rings. The molecule has 1 heterocycles. The van der Waals surface area contributed by atoms with Crippen LogP contribution in [0.4, 0.5) is 0 Å². The van der Waals surface area contributed by atoms with Gasteiger partial charge in [-0.05, 0) is 23.3 Å². The number of nitrogens with one attached hydrogen (secondary N) is 1. The summed E-state index contributed by atoms with van der Waals surface area (Å²) in [6, 6.07) is 17.9. The molecule has 1 amide bonds. The first-order valence-electron chi connectivity index (χ1n) is 9.42. The molecule has 0 aliphatic carbocycles. The second-order valence-electron chi connectivity index (χ2n) is 6.73. The zero-order valence-corrected chi connectivity index (χ0v) is 16.6. The van der Waals surface area contributed by atoms with Crippen molar-refractivity contribution in [2.24, 2.45) is 5.10 Å². The third-order valence-corrected chi connectivity index (χ3v) is 4.99. The molecule has 0 aromatic heterocycles. The maximum atomic E-state index is 12.0. The van der Waals surface area contributed by atoms with Gasteiger partial charge in [0.25, 0.3) is 5.91 Å². The van der Waals surface area contributed by atoms with Gasteiger partial charge in [-0.15, -0.1) is 0 Å². The summed E-state index contributed by atoms with van der Waals surface area (Å²) in [4.78, 5) is 16.5. The summed E-state index contributed by atoms with van der Waals surface area (Å²) in [7, 11) is 0. The lowest BCUT2D eigenvalue weighted by molar-refractivity contribution is -0.122. The molecule has 0 bridgehead atoms. The molecule has 1 aliphatic heterocycles. The number of nitrogens with zero attached hydrogens (tertiary/aromatic N) is 3. The highest BCUT2D eigenvalue weighted by Gasteiger charge is 2.19. The molecule has 146 valence electrons. The quantitative estimate of drug-likeness (QED) is 0.577. The number of carbonyl (C=O) groups is 1. The predicted molar refractivity (Wildman–Crippen MR) is 115 cm³/mol. The normalized spacial score (nSPS) is 16.0. The molecule has 2 aromatic carbocycles. The number of hydrogen-bond acceptors (Lipinski definition) is 4. The van der Waals surface area contributed by atoms with Crippen molar-refractivity contribution in [1.82, 2.24) is 15.2 Å². The number of hydrogen-bond donors (Lipinski definition) is 1. The summed E-state index contributed by atoms with van der Waals surface area (Å²) in [6.45, 7) is 4.76. The van der Waals surface area contributed by atoms with Crippen molar-refractivity contribution in [3.63, 3.8) is 0 Å². The van der Waals surface area contributed by atoms with Crippen LogP contribution in [0.3, 0.4) is 0 Å². The van der Waals surface area contributed by atoms with Crippen LogP contribution in [0.15, 0.2) is 65.8 Å². The zero-order valence-electron chi connectivity index (χ0n) is 15.8. The van der Waals surface area contributed by atoms with E-state index >= 15 is 0 Å². The Bertz CT molecular complexity index is 814. The van der Waals surface area contributed by atoms with Crippen molar-refractivity contribution < 1.29 is 4.79 Å². The van der Waals surface area contributed by atoms with Crippen LogP contribution in [-0.2, 0) is 11.3 Å². The van der Waals surface area contributed by atoms with Gasteiger partial charge in [0.05, 0.1) is 6.54 Å². The van der Waals surface area contributed by atoms with E-state index in [0.29, 0.717) is 6.54 Å². The number of benzene rings is 2. The fourth-order valence-electron chi connectivity index (χ4n) is 3.08. The summed E-state index contributed by atoms with van der Waals surface area (Å²) in [5, 5.41) is 4.78. The summed E-state index contributed by atoms with van der Waals surface area (Å²) in [6.07, 6.45) is 5.34. The molecule has 1 aliphatic rings. The minimum atomic E-state index is -0.0936. The van der Waals surface area contributed by atoms with E-state index in [1.807, 2.05) is 60.7 Å². The van der Waals surface area contributed by atoms with Gasteiger partial charge >= 0.3 is 0 Å². The van der Waals surface area contributed by atoms with E-state index in [1.54, 1.807) is 6.21 Å². The highest BCUT2D eigenvalue weighted by Crippen LogP contribution is 2.17. The average molecular weight is 397 g/mol. The van der Waals surface area contributed by atoms with Crippen molar-refractivity contribution in [2.75, 3.05) is 32.7 Å². The van der Waals surface area contributed by atoms with Crippen LogP contribution < -0.4 is 5.43 Å². The molecular weight excluding hydrogens is 372 g/mol. The largest absolute Gasteiger partial charge is 0.296 e. The van der Waals surface area contributed by atoms with Gasteiger partial charge in [-0.25, -0.2) is 5.43 Å². The van der Waals surface area contributed by atoms with E-state index < -0.39 is 0 Å². The van der Waals surface area contributed by atoms with Gasteiger partial charge in [0, 0.05) is 44.0 Å². The standard InChI is InChI=1S/C22H25ClN4O/c23-21-11-5-4-10-20(21)17-26-13-15-27(16-14-26)18-22(28)25-24-12-6-9-19-7-2-1-3-8-19/h1-12H,13-18H2,(H,25,28)/b9-6+,24-12-. The van der Waals surface area contributed by atoms with Crippen LogP contribution in [0, 0.1) is 0 Å². The minimum absolute atomic E-state index is 0.0936. The molecule has 0 unspecified atom stereocenters. The van der Waals surface area contributed by atoms with Crippen molar-refractivity contribution >= 4 is 29.8 Å². The van der Waals surface area contributed by atoms with Crippen LogP contribution in [0.2, 0.25) is 5.02 Å². The Labute approximate surface area is 171 Å². The fraction of sp³-hybridized carbons (Fsp3) is 0.273. The number of rotatable bonds is 7. The van der Waals surface area contributed by atoms with Crippen molar-refractivity contribution in [3.05, 3.63) is 76.8 Å². The SMILES string of the molecule is O=C(CN1CCN(Cc2ccccc2Cl)CC1)N/N=C\C=C\c1ccccc1. The van der Waals surface area contributed by atoms with Gasteiger partial charge in [-0.3, -0.25) is 14.6 Å². The minimum Gasteiger partial charge on any atom is -0.296 e. The molecule has 3 rings (SSSR count). The predicted octanol–water partition coefficient (Wildman–Crippen LogP) is 3.27. The molecule has 0 spiro atoms. The molecule has 0 saturated carbocycles. The second-order valence-corrected chi connectivity index (χ2v) is 7.13. The lowest BCUT2D eigenvalue weighted by atomic mass is 10.2. The van der Waals surface area contributed by atoms with Crippen LogP contribution in [0.5, 0.6) is 0 Å². The maximum absolute atomic E-state index is 12.0. The Morgan fingerprint density at radius 2 is 1.68 bits per heavy atom. The van der Waals surface area contributed by atoms with E-state index in [0.717, 1.165) is 48.9 Å². The molecule has 1 saturated heterocycles. The number of allylic oxidation sites excluding steroid dienone is 1. The lowest BCUT2D eigenvalue weighted by Crippen LogP contribution is -2.48. The Morgan fingerprint density at radius 1 is 1.00 bits per heavy atom. The Kier molecular flexibility index (Phi) is 7.79. The highest BCUT2D eigenvalue weighted by atomic mass is 35.5. The van der Waals surface area contributed by atoms with Gasteiger partial charge in [0.2, 0.25) is 0 Å². The first-order valence-corrected chi connectivity index (χ1v) is 9.80. The average Bonchev–Trinajstić information content (AvgIpc) is 2.72. The summed E-state index contributed by atoms with van der Waals surface area (Å²) in [5.41, 5.74) is 4.82. The van der Waals surface area contributed by atoms with E-state index in [1.165, 1.54) is 0 Å². The highest BCUT2D eigenvalue weighted by molar-refractivity contribution is 6.31. The van der Waals surface area contributed by atoms with Crippen LogP contribution in [0.25, 0.3) is 6.08 Å². The smallest absolute Gasteiger partial charge is 0.254 e. The van der Waals surface area contributed by atoms with E-state index in [9.17, 15) is 4.79 Å². The van der Waals surface area contributed by atoms with Gasteiger partial charge in [0.15, 0.2) is 0 Å². The maximum Gasteiger partial charge on any atom is 0.254 e. The third kappa shape index (κ3) is 6.60. The Morgan fingerprint density at radius 3 is 2.43 bits per heavy atom. The van der Waals surface area contributed by atoms with Crippen molar-refractivity contribution in [1.29, 1.82) is 0 Å². The molecule has 0 radical (unpaired) electrons. The molecule has 2 aromatic rings. The summed E-state index contributed by atoms with van der Waals surface area (Å²) < 4.78 is 0. The number of halogens is 1. The van der Waals surface area contributed by atoms with E-state index in [-0.39, 0.29) is 5.91 Å². The number of piperazine rings is 1. The first kappa shape index (κ1) is 20.3. The van der Waals surface area contributed by atoms with E-state index in [2.05, 4.69) is 26.4 Å². The summed E-state index contributed by atoms with van der Waals surface area (Å²) in [5.74, 6) is -0.0936.